The fraction of sp³-hybridized carbons (Fsp3) is 0.462. The summed E-state index contributed by atoms with van der Waals surface area (Å²) in [5.74, 6) is -0.764. The highest BCUT2D eigenvalue weighted by molar-refractivity contribution is 7.89. The van der Waals surface area contributed by atoms with Gasteiger partial charge in [-0.2, -0.15) is 0 Å². The average molecular weight is 317 g/mol. The molecule has 0 bridgehead atoms. The van der Waals surface area contributed by atoms with Crippen LogP contribution in [0.1, 0.15) is 19.8 Å². The lowest BCUT2D eigenvalue weighted by molar-refractivity contribution is -0.120. The van der Waals surface area contributed by atoms with E-state index in [0.717, 1.165) is 12.1 Å². The number of benzene rings is 1. The number of carbonyl (C=O) groups excluding carboxylic acids is 1. The van der Waals surface area contributed by atoms with Crippen LogP contribution >= 0.6 is 0 Å². The molecule has 1 atom stereocenters. The fourth-order valence-electron chi connectivity index (χ4n) is 1.52. The number of carbonyl (C=O) groups is 1. The Balaban J connectivity index is 2.37. The van der Waals surface area contributed by atoms with Gasteiger partial charge in [0.05, 0.1) is 4.90 Å². The minimum atomic E-state index is -3.72. The monoisotopic (exact) mass is 317 g/mol. The molecule has 1 aromatic carbocycles. The number of sulfonamides is 1. The molecule has 0 aliphatic carbocycles. The summed E-state index contributed by atoms with van der Waals surface area (Å²) >= 11 is 0. The number of rotatable bonds is 8. The highest BCUT2D eigenvalue weighted by Crippen LogP contribution is 2.09. The third kappa shape index (κ3) is 6.65. The lowest BCUT2D eigenvalue weighted by Crippen LogP contribution is -2.32. The van der Waals surface area contributed by atoms with E-state index < -0.39 is 15.8 Å². The molecule has 0 saturated carbocycles. The maximum Gasteiger partial charge on any atom is 0.240 e. The van der Waals surface area contributed by atoms with Crippen molar-refractivity contribution in [3.63, 3.8) is 0 Å². The van der Waals surface area contributed by atoms with Crippen molar-refractivity contribution in [3.8, 4) is 0 Å². The molecule has 0 radical (unpaired) electrons. The van der Waals surface area contributed by atoms with Crippen LogP contribution in [0.4, 0.5) is 4.39 Å². The van der Waals surface area contributed by atoms with E-state index in [1.54, 1.807) is 0 Å². The second-order valence-corrected chi connectivity index (χ2v) is 6.48. The van der Waals surface area contributed by atoms with Gasteiger partial charge in [0.1, 0.15) is 5.82 Å². The third-order valence-electron chi connectivity index (χ3n) is 2.69. The van der Waals surface area contributed by atoms with Gasteiger partial charge in [0, 0.05) is 25.6 Å². The first kappa shape index (κ1) is 17.5. The molecule has 1 amide bonds. The van der Waals surface area contributed by atoms with E-state index in [1.165, 1.54) is 12.1 Å². The molecule has 0 aliphatic heterocycles. The minimum Gasteiger partial charge on any atom is -0.356 e. The first-order valence-corrected chi connectivity index (χ1v) is 8.07. The second-order valence-electron chi connectivity index (χ2n) is 4.72. The average Bonchev–Trinajstić information content (AvgIpc) is 2.38. The SMILES string of the molecule is CC(N)CCNC(=O)CCNS(=O)(=O)c1ccc(F)cc1. The summed E-state index contributed by atoms with van der Waals surface area (Å²) in [4.78, 5) is 11.4. The fourth-order valence-corrected chi connectivity index (χ4v) is 2.56. The van der Waals surface area contributed by atoms with Crippen LogP contribution in [-0.2, 0) is 14.8 Å². The molecule has 1 aromatic rings. The predicted molar refractivity (Wildman–Crippen MR) is 77.5 cm³/mol. The summed E-state index contributed by atoms with van der Waals surface area (Å²) in [6, 6.07) is 4.47. The van der Waals surface area contributed by atoms with Crippen molar-refractivity contribution in [1.82, 2.24) is 10.0 Å². The molecular formula is C13H20FN3O3S. The molecule has 0 heterocycles. The second kappa shape index (κ2) is 8.06. The van der Waals surface area contributed by atoms with E-state index in [1.807, 2.05) is 6.92 Å². The topological polar surface area (TPSA) is 101 Å². The van der Waals surface area contributed by atoms with E-state index in [0.29, 0.717) is 13.0 Å². The Hall–Kier alpha value is -1.51. The van der Waals surface area contributed by atoms with E-state index in [4.69, 9.17) is 5.73 Å². The van der Waals surface area contributed by atoms with Gasteiger partial charge in [-0.25, -0.2) is 17.5 Å². The van der Waals surface area contributed by atoms with Gasteiger partial charge in [0.25, 0.3) is 0 Å². The third-order valence-corrected chi connectivity index (χ3v) is 4.17. The van der Waals surface area contributed by atoms with Gasteiger partial charge in [-0.15, -0.1) is 0 Å². The first-order chi connectivity index (χ1) is 9.81. The van der Waals surface area contributed by atoms with Crippen LogP contribution in [0.3, 0.4) is 0 Å². The zero-order chi connectivity index (χ0) is 15.9. The predicted octanol–water partition coefficient (Wildman–Crippen LogP) is 0.348. The molecule has 0 aliphatic rings. The van der Waals surface area contributed by atoms with Gasteiger partial charge in [-0.05, 0) is 37.6 Å². The maximum absolute atomic E-state index is 12.7. The molecule has 6 nitrogen and oxygen atoms in total. The molecule has 1 unspecified atom stereocenters. The van der Waals surface area contributed by atoms with E-state index in [-0.39, 0.29) is 29.8 Å². The smallest absolute Gasteiger partial charge is 0.240 e. The minimum absolute atomic E-state index is 0.00211. The Morgan fingerprint density at radius 1 is 1.29 bits per heavy atom. The van der Waals surface area contributed by atoms with Crippen molar-refractivity contribution in [1.29, 1.82) is 0 Å². The summed E-state index contributed by atoms with van der Waals surface area (Å²) in [6.07, 6.45) is 0.687. The summed E-state index contributed by atoms with van der Waals surface area (Å²) in [6.45, 7) is 2.27. The molecule has 21 heavy (non-hydrogen) atoms. The first-order valence-electron chi connectivity index (χ1n) is 6.59. The van der Waals surface area contributed by atoms with Crippen LogP contribution in [0.2, 0.25) is 0 Å². The quantitative estimate of drug-likeness (QED) is 0.644. The van der Waals surface area contributed by atoms with Gasteiger partial charge in [0.2, 0.25) is 15.9 Å². The van der Waals surface area contributed by atoms with Crippen LogP contribution in [0, 0.1) is 5.82 Å². The van der Waals surface area contributed by atoms with Crippen LogP contribution in [0.15, 0.2) is 29.2 Å². The van der Waals surface area contributed by atoms with E-state index >= 15 is 0 Å². The van der Waals surface area contributed by atoms with Crippen molar-refractivity contribution in [3.05, 3.63) is 30.1 Å². The molecule has 0 spiro atoms. The highest BCUT2D eigenvalue weighted by Gasteiger charge is 2.14. The Kier molecular flexibility index (Phi) is 6.73. The van der Waals surface area contributed by atoms with Crippen LogP contribution in [-0.4, -0.2) is 33.5 Å². The Morgan fingerprint density at radius 3 is 2.48 bits per heavy atom. The van der Waals surface area contributed by atoms with Crippen LogP contribution < -0.4 is 15.8 Å². The molecule has 0 fully saturated rings. The van der Waals surface area contributed by atoms with Crippen molar-refractivity contribution < 1.29 is 17.6 Å². The zero-order valence-corrected chi connectivity index (χ0v) is 12.6. The molecule has 0 aromatic heterocycles. The molecule has 1 rings (SSSR count). The number of amides is 1. The Labute approximate surface area is 124 Å². The number of halogens is 1. The van der Waals surface area contributed by atoms with Crippen molar-refractivity contribution in [2.24, 2.45) is 5.73 Å². The van der Waals surface area contributed by atoms with Gasteiger partial charge in [-0.1, -0.05) is 0 Å². The highest BCUT2D eigenvalue weighted by atomic mass is 32.2. The molecular weight excluding hydrogens is 297 g/mol. The molecule has 0 saturated heterocycles. The molecule has 4 N–H and O–H groups in total. The standard InChI is InChI=1S/C13H20FN3O3S/c1-10(15)6-8-16-13(18)7-9-17-21(19,20)12-4-2-11(14)3-5-12/h2-5,10,17H,6-9,15H2,1H3,(H,16,18). The Bertz CT molecular complexity index is 559. The van der Waals surface area contributed by atoms with Gasteiger partial charge >= 0.3 is 0 Å². The zero-order valence-electron chi connectivity index (χ0n) is 11.8. The van der Waals surface area contributed by atoms with E-state index in [2.05, 4.69) is 10.0 Å². The van der Waals surface area contributed by atoms with Gasteiger partial charge in [0.15, 0.2) is 0 Å². The number of hydrogen-bond acceptors (Lipinski definition) is 4. The van der Waals surface area contributed by atoms with Gasteiger partial charge in [-0.3, -0.25) is 4.79 Å². The van der Waals surface area contributed by atoms with Crippen LogP contribution in [0.5, 0.6) is 0 Å². The van der Waals surface area contributed by atoms with E-state index in [9.17, 15) is 17.6 Å². The summed E-state index contributed by atoms with van der Waals surface area (Å²) in [5.41, 5.74) is 5.54. The number of nitrogens with two attached hydrogens (primary N) is 1. The Morgan fingerprint density at radius 2 is 1.90 bits per heavy atom. The van der Waals surface area contributed by atoms with Crippen molar-refractivity contribution in [2.45, 2.75) is 30.7 Å². The largest absolute Gasteiger partial charge is 0.356 e. The van der Waals surface area contributed by atoms with Crippen LogP contribution in [0.25, 0.3) is 0 Å². The molecule has 118 valence electrons. The summed E-state index contributed by atoms with van der Waals surface area (Å²) in [7, 11) is -3.72. The summed E-state index contributed by atoms with van der Waals surface area (Å²) < 4.78 is 38.7. The van der Waals surface area contributed by atoms with Crippen molar-refractivity contribution in [2.75, 3.05) is 13.1 Å². The maximum atomic E-state index is 12.7. The normalized spacial score (nSPS) is 12.9. The molecule has 8 heteroatoms. The number of nitrogens with one attached hydrogen (secondary N) is 2. The van der Waals surface area contributed by atoms with Crippen molar-refractivity contribution >= 4 is 15.9 Å². The number of hydrogen-bond donors (Lipinski definition) is 3. The summed E-state index contributed by atoms with van der Waals surface area (Å²) in [5, 5.41) is 2.64. The van der Waals surface area contributed by atoms with Gasteiger partial charge < -0.3 is 11.1 Å². The lowest BCUT2D eigenvalue weighted by Gasteiger charge is -2.08. The lowest BCUT2D eigenvalue weighted by atomic mass is 10.2.